The highest BCUT2D eigenvalue weighted by molar-refractivity contribution is 7.89. The fraction of sp³-hybridized carbons (Fsp3) is 0.636. The van der Waals surface area contributed by atoms with Gasteiger partial charge < -0.3 is 5.32 Å². The number of thiophene rings is 1. The van der Waals surface area contributed by atoms with Gasteiger partial charge in [-0.1, -0.05) is 0 Å². The van der Waals surface area contributed by atoms with Gasteiger partial charge in [-0.2, -0.15) is 8.78 Å². The van der Waals surface area contributed by atoms with Crippen molar-refractivity contribution in [3.63, 3.8) is 0 Å². The summed E-state index contributed by atoms with van der Waals surface area (Å²) in [5.74, 6) is -4.39. The van der Waals surface area contributed by atoms with E-state index in [4.69, 9.17) is 0 Å². The van der Waals surface area contributed by atoms with Crippen molar-refractivity contribution in [2.24, 2.45) is 0 Å². The largest absolute Gasteiger partial charge is 0.320 e. The molecule has 1 aromatic heterocycles. The molecular formula is C11H14F4N2O2S2. The first kappa shape index (κ1) is 16.7. The van der Waals surface area contributed by atoms with Gasteiger partial charge in [-0.15, -0.1) is 11.3 Å². The maximum atomic E-state index is 12.7. The van der Waals surface area contributed by atoms with E-state index in [-0.39, 0.29) is 4.90 Å². The van der Waals surface area contributed by atoms with E-state index in [1.807, 2.05) is 0 Å². The van der Waals surface area contributed by atoms with Crippen LogP contribution in [0.3, 0.4) is 0 Å². The van der Waals surface area contributed by atoms with Gasteiger partial charge >= 0.3 is 12.3 Å². The molecule has 120 valence electrons. The van der Waals surface area contributed by atoms with Gasteiger partial charge in [-0.05, 0) is 18.9 Å². The van der Waals surface area contributed by atoms with Crippen LogP contribution in [0.1, 0.15) is 17.7 Å². The monoisotopic (exact) mass is 346 g/mol. The van der Waals surface area contributed by atoms with E-state index in [9.17, 15) is 26.0 Å². The third kappa shape index (κ3) is 4.63. The molecule has 0 bridgehead atoms. The van der Waals surface area contributed by atoms with E-state index in [1.54, 1.807) is 0 Å². The SMILES string of the molecule is O=S(=O)(NCC(F)(F)C(F)F)c1csc(CNC2CC2)c1. The van der Waals surface area contributed by atoms with Crippen LogP contribution in [0, 0.1) is 0 Å². The summed E-state index contributed by atoms with van der Waals surface area (Å²) >= 11 is 1.17. The van der Waals surface area contributed by atoms with Crippen molar-refractivity contribution in [1.82, 2.24) is 10.0 Å². The fourth-order valence-corrected chi connectivity index (χ4v) is 3.75. The minimum absolute atomic E-state index is 0.190. The zero-order chi connectivity index (χ0) is 15.7. The predicted molar refractivity (Wildman–Crippen MR) is 70.3 cm³/mol. The Morgan fingerprint density at radius 1 is 1.38 bits per heavy atom. The van der Waals surface area contributed by atoms with Crippen molar-refractivity contribution in [2.45, 2.75) is 42.7 Å². The molecule has 21 heavy (non-hydrogen) atoms. The van der Waals surface area contributed by atoms with E-state index in [0.29, 0.717) is 12.6 Å². The molecule has 10 heteroatoms. The highest BCUT2D eigenvalue weighted by Gasteiger charge is 2.41. The van der Waals surface area contributed by atoms with Gasteiger partial charge in [-0.3, -0.25) is 0 Å². The maximum absolute atomic E-state index is 12.7. The molecule has 1 saturated carbocycles. The molecule has 0 aromatic carbocycles. The highest BCUT2D eigenvalue weighted by atomic mass is 32.2. The van der Waals surface area contributed by atoms with Gasteiger partial charge in [0.25, 0.3) is 0 Å². The molecule has 4 nitrogen and oxygen atoms in total. The fourth-order valence-electron chi connectivity index (χ4n) is 1.48. The third-order valence-electron chi connectivity index (χ3n) is 2.90. The Balaban J connectivity index is 1.95. The summed E-state index contributed by atoms with van der Waals surface area (Å²) in [6.45, 7) is -1.13. The Bertz CT molecular complexity index is 585. The molecule has 0 amide bonds. The Kier molecular flexibility index (Phi) is 4.91. The molecule has 0 spiro atoms. The van der Waals surface area contributed by atoms with Crippen molar-refractivity contribution in [1.29, 1.82) is 0 Å². The maximum Gasteiger partial charge on any atom is 0.320 e. The Morgan fingerprint density at radius 3 is 2.62 bits per heavy atom. The third-order valence-corrected chi connectivity index (χ3v) is 5.37. The number of hydrogen-bond acceptors (Lipinski definition) is 4. The zero-order valence-corrected chi connectivity index (χ0v) is 12.4. The van der Waals surface area contributed by atoms with Crippen LogP contribution in [0.2, 0.25) is 0 Å². The summed E-state index contributed by atoms with van der Waals surface area (Å²) in [6.07, 6.45) is -1.75. The summed E-state index contributed by atoms with van der Waals surface area (Å²) < 4.78 is 74.5. The number of alkyl halides is 4. The van der Waals surface area contributed by atoms with E-state index in [1.165, 1.54) is 27.5 Å². The van der Waals surface area contributed by atoms with Crippen LogP contribution >= 0.6 is 11.3 Å². The van der Waals surface area contributed by atoms with Gasteiger partial charge in [0.15, 0.2) is 0 Å². The number of sulfonamides is 1. The zero-order valence-electron chi connectivity index (χ0n) is 10.8. The van der Waals surface area contributed by atoms with Crippen molar-refractivity contribution in [3.05, 3.63) is 16.3 Å². The predicted octanol–water partition coefficient (Wildman–Crippen LogP) is 2.18. The molecular weight excluding hydrogens is 332 g/mol. The minimum atomic E-state index is -4.39. The van der Waals surface area contributed by atoms with E-state index in [0.717, 1.165) is 17.7 Å². The van der Waals surface area contributed by atoms with Gasteiger partial charge in [0.1, 0.15) is 0 Å². The van der Waals surface area contributed by atoms with Crippen LogP contribution in [-0.2, 0) is 16.6 Å². The lowest BCUT2D eigenvalue weighted by Gasteiger charge is -2.15. The molecule has 1 aliphatic rings. The van der Waals surface area contributed by atoms with Crippen LogP contribution in [0.4, 0.5) is 17.6 Å². The van der Waals surface area contributed by atoms with Crippen molar-refractivity contribution in [2.75, 3.05) is 6.54 Å². The Morgan fingerprint density at radius 2 is 2.05 bits per heavy atom. The quantitative estimate of drug-likeness (QED) is 0.710. The molecule has 2 rings (SSSR count). The second-order valence-corrected chi connectivity index (χ2v) is 7.55. The molecule has 2 N–H and O–H groups in total. The minimum Gasteiger partial charge on any atom is -0.309 e. The molecule has 0 aliphatic heterocycles. The first-order chi connectivity index (χ1) is 9.71. The first-order valence-electron chi connectivity index (χ1n) is 6.17. The summed E-state index contributed by atoms with van der Waals surface area (Å²) in [5, 5.41) is 4.48. The summed E-state index contributed by atoms with van der Waals surface area (Å²) in [4.78, 5) is 0.549. The topological polar surface area (TPSA) is 58.2 Å². The standard InChI is InChI=1S/C11H14F4N2O2S2/c12-10(13)11(14,15)6-17-21(18,19)9-3-8(20-5-9)4-16-7-1-2-7/h3,5,7,10,16-17H,1-2,4,6H2. The first-order valence-corrected chi connectivity index (χ1v) is 8.53. The smallest absolute Gasteiger partial charge is 0.309 e. The summed E-state index contributed by atoms with van der Waals surface area (Å²) in [5.41, 5.74) is 0. The van der Waals surface area contributed by atoms with Crippen LogP contribution < -0.4 is 10.0 Å². The van der Waals surface area contributed by atoms with Crippen LogP contribution in [0.5, 0.6) is 0 Å². The van der Waals surface area contributed by atoms with Gasteiger partial charge in [-0.25, -0.2) is 21.9 Å². The lowest BCUT2D eigenvalue weighted by molar-refractivity contribution is -0.122. The molecule has 0 atom stereocenters. The molecule has 1 aliphatic carbocycles. The van der Waals surface area contributed by atoms with Crippen molar-refractivity contribution in [3.8, 4) is 0 Å². The number of rotatable bonds is 8. The molecule has 1 fully saturated rings. The van der Waals surface area contributed by atoms with E-state index in [2.05, 4.69) is 5.32 Å². The molecule has 0 radical (unpaired) electrons. The van der Waals surface area contributed by atoms with Gasteiger partial charge in [0, 0.05) is 22.8 Å². The van der Waals surface area contributed by atoms with E-state index < -0.39 is 28.9 Å². The van der Waals surface area contributed by atoms with Gasteiger partial charge in [0.2, 0.25) is 10.0 Å². The normalized spacial score (nSPS) is 16.6. The van der Waals surface area contributed by atoms with Crippen molar-refractivity contribution < 1.29 is 26.0 Å². The number of hydrogen-bond donors (Lipinski definition) is 2. The molecule has 0 unspecified atom stereocenters. The average Bonchev–Trinajstić information content (AvgIpc) is 3.10. The van der Waals surface area contributed by atoms with Crippen LogP contribution in [0.25, 0.3) is 0 Å². The summed E-state index contributed by atoms with van der Waals surface area (Å²) in [7, 11) is -4.21. The average molecular weight is 346 g/mol. The second-order valence-electron chi connectivity index (χ2n) is 4.79. The van der Waals surface area contributed by atoms with Crippen LogP contribution in [0.15, 0.2) is 16.3 Å². The summed E-state index contributed by atoms with van der Waals surface area (Å²) in [6, 6.07) is 1.80. The highest BCUT2D eigenvalue weighted by Crippen LogP contribution is 2.25. The van der Waals surface area contributed by atoms with Crippen molar-refractivity contribution >= 4 is 21.4 Å². The van der Waals surface area contributed by atoms with Crippen LogP contribution in [-0.4, -0.2) is 33.4 Å². The number of nitrogens with one attached hydrogen (secondary N) is 2. The number of halogens is 4. The lowest BCUT2D eigenvalue weighted by Crippen LogP contribution is -2.41. The van der Waals surface area contributed by atoms with E-state index >= 15 is 0 Å². The van der Waals surface area contributed by atoms with Gasteiger partial charge in [0.05, 0.1) is 11.4 Å². The Hall–Kier alpha value is -0.710. The Labute approximate surface area is 123 Å². The molecule has 1 heterocycles. The molecule has 0 saturated heterocycles. The lowest BCUT2D eigenvalue weighted by atomic mass is 10.4. The molecule has 1 aromatic rings. The second kappa shape index (κ2) is 6.19.